The summed E-state index contributed by atoms with van der Waals surface area (Å²) in [7, 11) is 0. The summed E-state index contributed by atoms with van der Waals surface area (Å²) in [6, 6.07) is 73.0. The van der Waals surface area contributed by atoms with Crippen LogP contribution in [0, 0.1) is 0 Å². The van der Waals surface area contributed by atoms with Gasteiger partial charge in [0.05, 0.1) is 0 Å². The summed E-state index contributed by atoms with van der Waals surface area (Å²) < 4.78 is 15.9. The highest BCUT2D eigenvalue weighted by molar-refractivity contribution is 7.25. The lowest BCUT2D eigenvalue weighted by Crippen LogP contribution is -2.09. The molecule has 0 atom stereocenters. The van der Waals surface area contributed by atoms with E-state index in [-0.39, 0.29) is 0 Å². The first-order chi connectivity index (χ1) is 29.2. The van der Waals surface area contributed by atoms with E-state index in [9.17, 15) is 0 Å². The Bertz CT molecular complexity index is 3510. The third-order valence-electron chi connectivity index (χ3n) is 11.4. The molecule has 0 aliphatic heterocycles. The van der Waals surface area contributed by atoms with E-state index in [0.717, 1.165) is 89.1 Å². The van der Waals surface area contributed by atoms with Crippen molar-refractivity contribution in [1.82, 2.24) is 0 Å². The van der Waals surface area contributed by atoms with Gasteiger partial charge in [0.15, 0.2) is 0 Å². The summed E-state index contributed by atoms with van der Waals surface area (Å²) >= 11 is 1.84. The van der Waals surface area contributed by atoms with E-state index in [1.165, 1.54) is 20.2 Å². The van der Waals surface area contributed by atoms with Crippen molar-refractivity contribution in [1.29, 1.82) is 0 Å². The van der Waals surface area contributed by atoms with Crippen LogP contribution in [0.2, 0.25) is 0 Å². The van der Waals surface area contributed by atoms with Crippen molar-refractivity contribution in [2.75, 3.05) is 9.80 Å². The summed E-state index contributed by atoms with van der Waals surface area (Å²) in [5, 5.41) is 6.88. The molecule has 0 aliphatic carbocycles. The molecule has 0 aliphatic rings. The maximum Gasteiger partial charge on any atom is 0.143 e. The number of hydrogen-bond acceptors (Lipinski definition) is 5. The van der Waals surface area contributed by atoms with Gasteiger partial charge in [0.2, 0.25) is 0 Å². The van der Waals surface area contributed by atoms with Crippen LogP contribution in [-0.4, -0.2) is 0 Å². The zero-order valence-electron chi connectivity index (χ0n) is 31.7. The van der Waals surface area contributed by atoms with E-state index in [1.54, 1.807) is 0 Å². The molecule has 12 aromatic rings. The Kier molecular flexibility index (Phi) is 7.68. The third kappa shape index (κ3) is 5.58. The highest BCUT2D eigenvalue weighted by Gasteiger charge is 2.20. The third-order valence-corrected chi connectivity index (χ3v) is 12.6. The number of anilines is 6. The molecule has 3 aromatic heterocycles. The molecule has 9 aromatic carbocycles. The van der Waals surface area contributed by atoms with Crippen molar-refractivity contribution in [3.8, 4) is 11.1 Å². The van der Waals surface area contributed by atoms with E-state index in [2.05, 4.69) is 210 Å². The van der Waals surface area contributed by atoms with Crippen LogP contribution in [0.25, 0.3) is 75.2 Å². The molecule has 278 valence electrons. The van der Waals surface area contributed by atoms with Crippen molar-refractivity contribution in [3.63, 3.8) is 0 Å². The van der Waals surface area contributed by atoms with Gasteiger partial charge in [-0.1, -0.05) is 103 Å². The Morgan fingerprint density at radius 2 is 0.831 bits per heavy atom. The highest BCUT2D eigenvalue weighted by Crippen LogP contribution is 2.45. The Hall–Kier alpha value is -7.60. The molecular formula is C54H34N2O2S. The van der Waals surface area contributed by atoms with Gasteiger partial charge in [-0.3, -0.25) is 0 Å². The standard InChI is InChI=1S/C54H34N2O2S/c1-4-13-35(14-5-1)42-20-12-21-46-43-27-23-41(34-51(43)58-54(42)46)56(37-17-8-3-9-18-37)40-24-28-44-47-31-38(25-29-49(47)57-50(44)33-40)55(36-15-6-2-7-16-36)39-26-30-53-48(32-39)45-19-10-11-22-52(45)59-53/h1-34H. The minimum absolute atomic E-state index is 0.824. The summed E-state index contributed by atoms with van der Waals surface area (Å²) in [6.45, 7) is 0. The number of benzene rings is 9. The zero-order chi connectivity index (χ0) is 38.9. The predicted molar refractivity (Wildman–Crippen MR) is 249 cm³/mol. The van der Waals surface area contributed by atoms with Gasteiger partial charge in [-0.05, 0) is 96.6 Å². The summed E-state index contributed by atoms with van der Waals surface area (Å²) in [5.74, 6) is 0. The summed E-state index contributed by atoms with van der Waals surface area (Å²) in [5.41, 5.74) is 11.9. The van der Waals surface area contributed by atoms with Gasteiger partial charge in [-0.25, -0.2) is 0 Å². The average Bonchev–Trinajstić information content (AvgIpc) is 3.98. The van der Waals surface area contributed by atoms with Gasteiger partial charge in [0, 0.05) is 93.5 Å². The summed E-state index contributed by atoms with van der Waals surface area (Å²) in [4.78, 5) is 4.61. The molecule has 5 heteroatoms. The van der Waals surface area contributed by atoms with Gasteiger partial charge >= 0.3 is 0 Å². The number of hydrogen-bond donors (Lipinski definition) is 0. The van der Waals surface area contributed by atoms with E-state index in [1.807, 2.05) is 17.4 Å². The lowest BCUT2D eigenvalue weighted by Gasteiger charge is -2.25. The zero-order valence-corrected chi connectivity index (χ0v) is 32.6. The van der Waals surface area contributed by atoms with E-state index in [0.29, 0.717) is 0 Å². The van der Waals surface area contributed by atoms with Crippen molar-refractivity contribution >= 4 is 110 Å². The normalized spacial score (nSPS) is 11.7. The second-order valence-corrected chi connectivity index (χ2v) is 16.0. The van der Waals surface area contributed by atoms with Crippen molar-refractivity contribution < 1.29 is 8.83 Å². The number of nitrogens with zero attached hydrogens (tertiary/aromatic N) is 2. The summed E-state index contributed by atoms with van der Waals surface area (Å²) in [6.07, 6.45) is 0. The molecular weight excluding hydrogens is 741 g/mol. The molecule has 0 fully saturated rings. The minimum Gasteiger partial charge on any atom is -0.456 e. The van der Waals surface area contributed by atoms with Gasteiger partial charge in [0.25, 0.3) is 0 Å². The van der Waals surface area contributed by atoms with Gasteiger partial charge in [-0.2, -0.15) is 0 Å². The first-order valence-electron chi connectivity index (χ1n) is 19.8. The second-order valence-electron chi connectivity index (χ2n) is 14.9. The SMILES string of the molecule is c1ccc(-c2cccc3c2oc2cc(N(c4ccccc4)c4ccc5c(c4)oc4ccc(N(c6ccccc6)c6ccc7sc8ccccc8c7c6)cc45)ccc23)cc1. The van der Waals surface area contributed by atoms with Crippen LogP contribution in [0.15, 0.2) is 215 Å². The Labute approximate surface area is 344 Å². The van der Waals surface area contributed by atoms with Crippen molar-refractivity contribution in [3.05, 3.63) is 206 Å². The maximum absolute atomic E-state index is 6.69. The van der Waals surface area contributed by atoms with Crippen molar-refractivity contribution in [2.24, 2.45) is 0 Å². The average molecular weight is 775 g/mol. The molecule has 0 amide bonds. The molecule has 0 bridgehead atoms. The van der Waals surface area contributed by atoms with Crippen LogP contribution in [0.3, 0.4) is 0 Å². The predicted octanol–water partition coefficient (Wildman–Crippen LogP) is 16.5. The largest absolute Gasteiger partial charge is 0.456 e. The van der Waals surface area contributed by atoms with Crippen LogP contribution in [-0.2, 0) is 0 Å². The number of furan rings is 2. The van der Waals surface area contributed by atoms with E-state index in [4.69, 9.17) is 8.83 Å². The number of para-hydroxylation sites is 3. The molecule has 4 nitrogen and oxygen atoms in total. The van der Waals surface area contributed by atoms with E-state index < -0.39 is 0 Å². The fourth-order valence-electron chi connectivity index (χ4n) is 8.70. The van der Waals surface area contributed by atoms with Gasteiger partial charge in [-0.15, -0.1) is 11.3 Å². The lowest BCUT2D eigenvalue weighted by atomic mass is 10.0. The van der Waals surface area contributed by atoms with Crippen LogP contribution >= 0.6 is 11.3 Å². The lowest BCUT2D eigenvalue weighted by molar-refractivity contribution is 0.669. The van der Waals surface area contributed by atoms with Crippen LogP contribution in [0.5, 0.6) is 0 Å². The molecule has 0 unspecified atom stereocenters. The molecule has 0 radical (unpaired) electrons. The van der Waals surface area contributed by atoms with Crippen LogP contribution in [0.1, 0.15) is 0 Å². The topological polar surface area (TPSA) is 32.8 Å². The molecule has 0 saturated heterocycles. The molecule has 0 saturated carbocycles. The molecule has 59 heavy (non-hydrogen) atoms. The van der Waals surface area contributed by atoms with Crippen LogP contribution < -0.4 is 9.80 Å². The van der Waals surface area contributed by atoms with Crippen LogP contribution in [0.4, 0.5) is 34.1 Å². The smallest absolute Gasteiger partial charge is 0.143 e. The first kappa shape index (κ1) is 33.5. The fraction of sp³-hybridized carbons (Fsp3) is 0. The minimum atomic E-state index is 0.824. The fourth-order valence-corrected chi connectivity index (χ4v) is 9.79. The Morgan fingerprint density at radius 3 is 1.54 bits per heavy atom. The first-order valence-corrected chi connectivity index (χ1v) is 20.6. The van der Waals surface area contributed by atoms with Gasteiger partial charge < -0.3 is 18.6 Å². The second kappa shape index (κ2) is 13.5. The number of fused-ring (bicyclic) bond motifs is 9. The number of rotatable bonds is 7. The highest BCUT2D eigenvalue weighted by atomic mass is 32.1. The molecule has 0 N–H and O–H groups in total. The number of thiophene rings is 1. The quantitative estimate of drug-likeness (QED) is 0.161. The maximum atomic E-state index is 6.69. The van der Waals surface area contributed by atoms with E-state index >= 15 is 0 Å². The van der Waals surface area contributed by atoms with Gasteiger partial charge in [0.1, 0.15) is 22.3 Å². The molecule has 0 spiro atoms. The Morgan fingerprint density at radius 1 is 0.305 bits per heavy atom. The Balaban J connectivity index is 0.972. The molecule has 12 rings (SSSR count). The molecule has 3 heterocycles. The van der Waals surface area contributed by atoms with Crippen molar-refractivity contribution in [2.45, 2.75) is 0 Å². The monoisotopic (exact) mass is 774 g/mol.